The van der Waals surface area contributed by atoms with Gasteiger partial charge in [-0.25, -0.2) is 0 Å². The quantitative estimate of drug-likeness (QED) is 0.121. The first-order chi connectivity index (χ1) is 20.4. The minimum atomic E-state index is -3.07. The van der Waals surface area contributed by atoms with E-state index in [-0.39, 0.29) is 21.5 Å². The highest BCUT2D eigenvalue weighted by molar-refractivity contribution is 8.14. The first-order valence-electron chi connectivity index (χ1n) is 13.9. The third-order valence-corrected chi connectivity index (χ3v) is 6.21. The normalized spacial score (nSPS) is 26.0. The summed E-state index contributed by atoms with van der Waals surface area (Å²) in [6.45, 7) is 3.75. The number of carbonyl (C=O) groups is 4. The van der Waals surface area contributed by atoms with Crippen LogP contribution in [0.2, 0.25) is 0 Å². The Labute approximate surface area is 230 Å². The first kappa shape index (κ1) is 21.2. The molecule has 2 N–H and O–H groups in total. The highest BCUT2D eigenvalue weighted by atomic mass is 32.2. The number of hydrogen-bond acceptors (Lipinski definition) is 13. The number of fused-ring (bicyclic) bond motifs is 1. The van der Waals surface area contributed by atoms with E-state index in [0.717, 1.165) is 27.7 Å². The van der Waals surface area contributed by atoms with Gasteiger partial charge in [0.25, 0.3) is 0 Å². The van der Waals surface area contributed by atoms with Crippen molar-refractivity contribution in [3.8, 4) is 5.75 Å². The molecule has 1 aliphatic heterocycles. The van der Waals surface area contributed by atoms with Crippen LogP contribution in [0, 0.1) is 0 Å². The Bertz CT molecular complexity index is 1480. The Kier molecular flexibility index (Phi) is 7.05. The van der Waals surface area contributed by atoms with Gasteiger partial charge in [0.15, 0.2) is 23.7 Å². The van der Waals surface area contributed by atoms with Crippen LogP contribution >= 0.6 is 11.8 Å². The van der Waals surface area contributed by atoms with E-state index in [1.807, 2.05) is 0 Å². The van der Waals surface area contributed by atoms with Crippen molar-refractivity contribution in [1.82, 2.24) is 4.98 Å². The van der Waals surface area contributed by atoms with Gasteiger partial charge in [-0.15, -0.1) is 0 Å². The lowest BCUT2D eigenvalue weighted by Gasteiger charge is -2.44. The summed E-state index contributed by atoms with van der Waals surface area (Å²) in [6.07, 6.45) is -4.60. The average Bonchev–Trinajstić information content (AvgIpc) is 3.34. The van der Waals surface area contributed by atoms with Crippen molar-refractivity contribution < 1.29 is 61.0 Å². The number of nitrogens with zero attached hydrogens (tertiary/aromatic N) is 1. The van der Waals surface area contributed by atoms with Gasteiger partial charge in [0.1, 0.15) is 23.5 Å². The number of H-pyrrole nitrogens is 1. The topological polar surface area (TPSA) is 172 Å². The smallest absolute Gasteiger partial charge is 0.303 e. The number of carbonyl (C=O) groups excluding carboxylic acids is 4. The van der Waals surface area contributed by atoms with Crippen molar-refractivity contribution in [2.45, 2.75) is 57.5 Å². The SMILES string of the molecule is [2H]c1c([2H])c(OC([2H])([2H])[2H])c2c(/C(=N\O)S[C@@H]3O[C@H](COC(C)=O)[C@@H](OC(C)=O)[C@H](OC(C)=O)[C@H]3OC(C)=O)c[nH]c2c1[2H]. The molecule has 2 heterocycles. The second kappa shape index (κ2) is 12.6. The van der Waals surface area contributed by atoms with Gasteiger partial charge in [0, 0.05) is 45.0 Å². The minimum absolute atomic E-state index is 0.110. The van der Waals surface area contributed by atoms with E-state index < -0.39 is 91.3 Å². The molecule has 13 nitrogen and oxygen atoms in total. The van der Waals surface area contributed by atoms with Crippen LogP contribution in [0.4, 0.5) is 0 Å². The zero-order valence-electron chi connectivity index (χ0n) is 26.6. The molecule has 1 fully saturated rings. The Morgan fingerprint density at radius 1 is 1.05 bits per heavy atom. The first-order valence-corrected chi connectivity index (χ1v) is 11.8. The predicted molar refractivity (Wildman–Crippen MR) is 133 cm³/mol. The summed E-state index contributed by atoms with van der Waals surface area (Å²) in [6, 6.07) is -1.85. The van der Waals surface area contributed by atoms with Gasteiger partial charge in [0.05, 0.1) is 20.6 Å². The van der Waals surface area contributed by atoms with Crippen molar-refractivity contribution in [2.75, 3.05) is 13.6 Å². The van der Waals surface area contributed by atoms with E-state index in [1.54, 1.807) is 0 Å². The molecule has 1 aromatic carbocycles. The third-order valence-electron chi connectivity index (χ3n) is 5.07. The molecule has 206 valence electrons. The van der Waals surface area contributed by atoms with Crippen LogP contribution in [0.15, 0.2) is 29.5 Å². The fraction of sp³-hybridized carbons (Fsp3) is 0.458. The highest BCUT2D eigenvalue weighted by Crippen LogP contribution is 2.38. The van der Waals surface area contributed by atoms with E-state index in [0.29, 0.717) is 11.8 Å². The molecule has 2 aromatic rings. The summed E-state index contributed by atoms with van der Waals surface area (Å²) in [4.78, 5) is 50.5. The van der Waals surface area contributed by atoms with Crippen molar-refractivity contribution in [2.24, 2.45) is 5.16 Å². The van der Waals surface area contributed by atoms with Crippen LogP contribution in [-0.4, -0.2) is 82.6 Å². The number of ether oxygens (including phenoxy) is 6. The molecule has 1 aliphatic rings. The molecule has 0 spiro atoms. The molecule has 1 aromatic heterocycles. The number of benzene rings is 1. The van der Waals surface area contributed by atoms with Gasteiger partial charge < -0.3 is 38.6 Å². The number of aromatic nitrogens is 1. The van der Waals surface area contributed by atoms with E-state index >= 15 is 0 Å². The summed E-state index contributed by atoms with van der Waals surface area (Å²) < 4.78 is 79.3. The minimum Gasteiger partial charge on any atom is -0.496 e. The Hall–Kier alpha value is -3.78. The van der Waals surface area contributed by atoms with E-state index in [2.05, 4.69) is 10.1 Å². The Morgan fingerprint density at radius 3 is 2.32 bits per heavy atom. The van der Waals surface area contributed by atoms with Crippen molar-refractivity contribution in [3.63, 3.8) is 0 Å². The lowest BCUT2D eigenvalue weighted by atomic mass is 9.99. The zero-order chi connectivity index (χ0) is 33.1. The molecule has 14 heteroatoms. The van der Waals surface area contributed by atoms with Crippen molar-refractivity contribution >= 4 is 51.6 Å². The van der Waals surface area contributed by atoms with Crippen LogP contribution in [0.25, 0.3) is 10.9 Å². The lowest BCUT2D eigenvalue weighted by Crippen LogP contribution is -2.61. The molecule has 1 saturated heterocycles. The number of thioether (sulfide) groups is 1. The summed E-state index contributed by atoms with van der Waals surface area (Å²) in [5.41, 5.74) is -1.66. The molecule has 0 amide bonds. The van der Waals surface area contributed by atoms with Gasteiger partial charge in [-0.2, -0.15) is 0 Å². The maximum absolute atomic E-state index is 12.1. The number of rotatable bonds is 8. The van der Waals surface area contributed by atoms with Gasteiger partial charge in [-0.1, -0.05) is 23.0 Å². The van der Waals surface area contributed by atoms with Crippen molar-refractivity contribution in [3.05, 3.63) is 29.9 Å². The molecular weight excluding hydrogens is 524 g/mol. The molecule has 0 aliphatic carbocycles. The number of hydrogen-bond donors (Lipinski definition) is 2. The monoisotopic (exact) mass is 558 g/mol. The van der Waals surface area contributed by atoms with Crippen LogP contribution < -0.4 is 4.74 Å². The second-order valence-electron chi connectivity index (χ2n) is 7.85. The second-order valence-corrected chi connectivity index (χ2v) is 8.94. The largest absolute Gasteiger partial charge is 0.496 e. The maximum atomic E-state index is 12.1. The van der Waals surface area contributed by atoms with E-state index in [4.69, 9.17) is 36.6 Å². The lowest BCUT2D eigenvalue weighted by molar-refractivity contribution is -0.237. The summed E-state index contributed by atoms with van der Waals surface area (Å²) >= 11 is 0.563. The van der Waals surface area contributed by atoms with Gasteiger partial charge >= 0.3 is 23.9 Å². The van der Waals surface area contributed by atoms with E-state index in [9.17, 15) is 24.4 Å². The van der Waals surface area contributed by atoms with Crippen molar-refractivity contribution in [1.29, 1.82) is 0 Å². The Morgan fingerprint density at radius 2 is 1.71 bits per heavy atom. The van der Waals surface area contributed by atoms with Crippen LogP contribution in [0.3, 0.4) is 0 Å². The predicted octanol–water partition coefficient (Wildman–Crippen LogP) is 2.13. The molecule has 0 saturated carbocycles. The summed E-state index contributed by atoms with van der Waals surface area (Å²) in [5.74, 6) is -3.90. The fourth-order valence-electron chi connectivity index (χ4n) is 3.75. The zero-order valence-corrected chi connectivity index (χ0v) is 21.4. The molecule has 5 atom stereocenters. The maximum Gasteiger partial charge on any atom is 0.303 e. The molecule has 0 bridgehead atoms. The molecule has 0 unspecified atom stereocenters. The molecule has 38 heavy (non-hydrogen) atoms. The third kappa shape index (κ3) is 6.75. The number of nitrogens with one attached hydrogen (secondary N) is 1. The molecule has 3 rings (SSSR count). The summed E-state index contributed by atoms with van der Waals surface area (Å²) in [7, 11) is -3.07. The van der Waals surface area contributed by atoms with E-state index in [1.165, 1.54) is 6.20 Å². The Balaban J connectivity index is 2.17. The van der Waals surface area contributed by atoms with Gasteiger partial charge in [0.2, 0.25) is 0 Å². The number of oxime groups is 1. The number of esters is 4. The highest BCUT2D eigenvalue weighted by Gasteiger charge is 2.53. The molecular formula is C24H28N2O11S. The number of aromatic amines is 1. The standard InChI is InChI=1S/C24H28N2O11S/c1-11(27)33-10-18-20(34-12(2)28)21(35-13(3)29)22(36-14(4)30)24(37-18)38-23(26-31)15-9-25-16-7-6-8-17(32-5)19(15)16/h6-9,18,20-22,24-25,31H,10H2,1-5H3/b26-23+/t18-,20-,21+,22-,24+/m1/s1/i5D3,6D,7D,8D. The van der Waals surface area contributed by atoms with Crippen LogP contribution in [-0.2, 0) is 42.9 Å². The summed E-state index contributed by atoms with van der Waals surface area (Å²) in [5, 5.41) is 12.8. The fourth-order valence-corrected chi connectivity index (χ4v) is 4.85. The van der Waals surface area contributed by atoms with Crippen LogP contribution in [0.5, 0.6) is 5.75 Å². The van der Waals surface area contributed by atoms with Gasteiger partial charge in [-0.05, 0) is 12.1 Å². The molecule has 0 radical (unpaired) electrons. The average molecular weight is 559 g/mol. The van der Waals surface area contributed by atoms with Gasteiger partial charge in [-0.3, -0.25) is 19.2 Å². The number of methoxy groups -OCH3 is 1. The van der Waals surface area contributed by atoms with Crippen LogP contribution in [0.1, 0.15) is 41.5 Å².